The Labute approximate surface area is 105 Å². The molecule has 0 aliphatic carbocycles. The van der Waals surface area contributed by atoms with Crippen LogP contribution in [0.15, 0.2) is 6.20 Å². The van der Waals surface area contributed by atoms with Crippen LogP contribution < -0.4 is 5.73 Å². The number of anilines is 1. The first-order chi connectivity index (χ1) is 8.27. The van der Waals surface area contributed by atoms with Crippen molar-refractivity contribution in [2.45, 2.75) is 24.8 Å². The molecule has 0 amide bonds. The van der Waals surface area contributed by atoms with Crippen LogP contribution in [0.25, 0.3) is 0 Å². The summed E-state index contributed by atoms with van der Waals surface area (Å²) >= 11 is 5.34. The number of nitrogen functional groups attached to an aromatic ring is 1. The van der Waals surface area contributed by atoms with E-state index in [2.05, 4.69) is 9.97 Å². The van der Waals surface area contributed by atoms with Gasteiger partial charge in [0.25, 0.3) is 0 Å². The number of nitrogens with zero attached hydrogens (tertiary/aromatic N) is 2. The van der Waals surface area contributed by atoms with Crippen molar-refractivity contribution in [3.8, 4) is 0 Å². The molecule has 2 atom stereocenters. The summed E-state index contributed by atoms with van der Waals surface area (Å²) in [6, 6.07) is 0. The predicted molar refractivity (Wildman–Crippen MR) is 57.8 cm³/mol. The Morgan fingerprint density at radius 1 is 1.39 bits per heavy atom. The quantitative estimate of drug-likeness (QED) is 0.721. The number of nitrogens with two attached hydrogens (primary N) is 1. The van der Waals surface area contributed by atoms with Crippen molar-refractivity contribution < 1.29 is 23.4 Å². The SMILES string of the molecule is Nc1ncc(C(O)C(O)CCCl)c(C(F)(F)F)n1. The van der Waals surface area contributed by atoms with Gasteiger partial charge in [0.15, 0.2) is 5.69 Å². The minimum absolute atomic E-state index is 0.00456. The monoisotopic (exact) mass is 285 g/mol. The molecule has 1 aromatic rings. The third kappa shape index (κ3) is 3.44. The maximum Gasteiger partial charge on any atom is 0.433 e. The highest BCUT2D eigenvalue weighted by Crippen LogP contribution is 2.34. The van der Waals surface area contributed by atoms with Gasteiger partial charge in [-0.1, -0.05) is 0 Å². The Kier molecular flexibility index (Phi) is 4.71. The molecule has 1 rings (SSSR count). The highest BCUT2D eigenvalue weighted by molar-refractivity contribution is 6.17. The van der Waals surface area contributed by atoms with E-state index in [-0.39, 0.29) is 12.3 Å². The number of hydrogen-bond acceptors (Lipinski definition) is 5. The van der Waals surface area contributed by atoms with Gasteiger partial charge in [-0.05, 0) is 6.42 Å². The molecule has 9 heteroatoms. The molecular formula is C9H11ClF3N3O2. The molecule has 18 heavy (non-hydrogen) atoms. The fraction of sp³-hybridized carbons (Fsp3) is 0.556. The lowest BCUT2D eigenvalue weighted by Gasteiger charge is -2.20. The van der Waals surface area contributed by atoms with E-state index in [0.717, 1.165) is 6.20 Å². The molecule has 4 N–H and O–H groups in total. The van der Waals surface area contributed by atoms with Gasteiger partial charge in [0, 0.05) is 17.6 Å². The number of halogens is 4. The van der Waals surface area contributed by atoms with Crippen LogP contribution in [0, 0.1) is 0 Å². The van der Waals surface area contributed by atoms with Crippen LogP contribution >= 0.6 is 11.6 Å². The molecule has 1 aromatic heterocycles. The molecule has 5 nitrogen and oxygen atoms in total. The number of hydrogen-bond donors (Lipinski definition) is 3. The highest BCUT2D eigenvalue weighted by Gasteiger charge is 2.38. The Morgan fingerprint density at radius 3 is 2.50 bits per heavy atom. The van der Waals surface area contributed by atoms with E-state index in [0.29, 0.717) is 0 Å². The summed E-state index contributed by atoms with van der Waals surface area (Å²) in [5, 5.41) is 19.1. The van der Waals surface area contributed by atoms with Crippen molar-refractivity contribution in [2.24, 2.45) is 0 Å². The van der Waals surface area contributed by atoms with Crippen LogP contribution in [0.5, 0.6) is 0 Å². The minimum atomic E-state index is -4.80. The van der Waals surface area contributed by atoms with Gasteiger partial charge in [0.05, 0.1) is 6.10 Å². The van der Waals surface area contributed by atoms with Gasteiger partial charge in [0.1, 0.15) is 6.10 Å². The summed E-state index contributed by atoms with van der Waals surface area (Å²) in [7, 11) is 0. The molecule has 0 aliphatic heterocycles. The van der Waals surface area contributed by atoms with Crippen molar-refractivity contribution in [1.82, 2.24) is 9.97 Å². The molecule has 0 saturated heterocycles. The van der Waals surface area contributed by atoms with Crippen LogP contribution in [0.3, 0.4) is 0 Å². The lowest BCUT2D eigenvalue weighted by atomic mass is 10.0. The Hall–Kier alpha value is -1.12. The van der Waals surface area contributed by atoms with E-state index in [1.165, 1.54) is 0 Å². The Bertz CT molecular complexity index is 417. The van der Waals surface area contributed by atoms with Crippen molar-refractivity contribution >= 4 is 17.5 Å². The minimum Gasteiger partial charge on any atom is -0.390 e. The van der Waals surface area contributed by atoms with Gasteiger partial charge in [-0.3, -0.25) is 0 Å². The molecule has 0 aromatic carbocycles. The summed E-state index contributed by atoms with van der Waals surface area (Å²) in [5.41, 5.74) is 3.08. The lowest BCUT2D eigenvalue weighted by molar-refractivity contribution is -0.143. The fourth-order valence-electron chi connectivity index (χ4n) is 1.33. The number of aliphatic hydroxyl groups excluding tert-OH is 2. The number of aromatic nitrogens is 2. The molecule has 0 radical (unpaired) electrons. The second kappa shape index (κ2) is 5.68. The molecular weight excluding hydrogens is 275 g/mol. The summed E-state index contributed by atoms with van der Waals surface area (Å²) in [6.45, 7) is 0. The lowest BCUT2D eigenvalue weighted by Crippen LogP contribution is -2.24. The van der Waals surface area contributed by atoms with E-state index in [9.17, 15) is 23.4 Å². The number of aliphatic hydroxyl groups is 2. The molecule has 1 heterocycles. The maximum atomic E-state index is 12.7. The second-order valence-electron chi connectivity index (χ2n) is 3.52. The van der Waals surface area contributed by atoms with Gasteiger partial charge in [-0.15, -0.1) is 11.6 Å². The second-order valence-corrected chi connectivity index (χ2v) is 3.90. The molecule has 0 saturated carbocycles. The smallest absolute Gasteiger partial charge is 0.390 e. The first-order valence-electron chi connectivity index (χ1n) is 4.89. The zero-order valence-corrected chi connectivity index (χ0v) is 9.78. The molecule has 0 bridgehead atoms. The highest BCUT2D eigenvalue weighted by atomic mass is 35.5. The van der Waals surface area contributed by atoms with Crippen LogP contribution in [-0.2, 0) is 6.18 Å². The van der Waals surface area contributed by atoms with Crippen molar-refractivity contribution in [3.63, 3.8) is 0 Å². The number of alkyl halides is 4. The van der Waals surface area contributed by atoms with Crippen molar-refractivity contribution in [3.05, 3.63) is 17.5 Å². The average molecular weight is 286 g/mol. The summed E-state index contributed by atoms with van der Waals surface area (Å²) in [5.74, 6) is -0.569. The Morgan fingerprint density at radius 2 is 2.00 bits per heavy atom. The fourth-order valence-corrected chi connectivity index (χ4v) is 1.55. The zero-order valence-electron chi connectivity index (χ0n) is 9.02. The first kappa shape index (κ1) is 14.9. The van der Waals surface area contributed by atoms with Crippen molar-refractivity contribution in [1.29, 1.82) is 0 Å². The Balaban J connectivity index is 3.15. The predicted octanol–water partition coefficient (Wildman–Crippen LogP) is 1.10. The topological polar surface area (TPSA) is 92.3 Å². The van der Waals surface area contributed by atoms with Gasteiger partial charge in [-0.2, -0.15) is 13.2 Å². The van der Waals surface area contributed by atoms with E-state index in [1.54, 1.807) is 0 Å². The normalized spacial score (nSPS) is 15.4. The van der Waals surface area contributed by atoms with E-state index >= 15 is 0 Å². The van der Waals surface area contributed by atoms with Crippen LogP contribution in [0.2, 0.25) is 0 Å². The van der Waals surface area contributed by atoms with E-state index in [4.69, 9.17) is 17.3 Å². The van der Waals surface area contributed by atoms with Crippen LogP contribution in [-0.4, -0.2) is 32.2 Å². The summed E-state index contributed by atoms with van der Waals surface area (Å²) in [6.07, 6.45) is -7.33. The molecule has 0 aliphatic rings. The number of rotatable bonds is 4. The molecule has 0 spiro atoms. The average Bonchev–Trinajstić information content (AvgIpc) is 2.27. The van der Waals surface area contributed by atoms with Gasteiger partial charge < -0.3 is 15.9 Å². The van der Waals surface area contributed by atoms with E-state index < -0.39 is 35.6 Å². The molecule has 2 unspecified atom stereocenters. The summed E-state index contributed by atoms with van der Waals surface area (Å²) in [4.78, 5) is 6.43. The van der Waals surface area contributed by atoms with E-state index in [1.807, 2.05) is 0 Å². The van der Waals surface area contributed by atoms with Crippen LogP contribution in [0.1, 0.15) is 23.8 Å². The molecule has 102 valence electrons. The van der Waals surface area contributed by atoms with Crippen LogP contribution in [0.4, 0.5) is 19.1 Å². The molecule has 0 fully saturated rings. The maximum absolute atomic E-state index is 12.7. The van der Waals surface area contributed by atoms with Crippen molar-refractivity contribution in [2.75, 3.05) is 11.6 Å². The zero-order chi connectivity index (χ0) is 13.9. The van der Waals surface area contributed by atoms with Gasteiger partial charge >= 0.3 is 6.18 Å². The standard InChI is InChI=1S/C9H11ClF3N3O2/c10-2-1-5(17)6(18)4-3-15-8(14)16-7(4)9(11,12)13/h3,5-6,17-18H,1-2H2,(H2,14,15,16). The van der Waals surface area contributed by atoms with Gasteiger partial charge in [0.2, 0.25) is 5.95 Å². The van der Waals surface area contributed by atoms with Gasteiger partial charge in [-0.25, -0.2) is 9.97 Å². The summed E-state index contributed by atoms with van der Waals surface area (Å²) < 4.78 is 38.0. The largest absolute Gasteiger partial charge is 0.433 e. The first-order valence-corrected chi connectivity index (χ1v) is 5.42. The third-order valence-electron chi connectivity index (χ3n) is 2.19. The third-order valence-corrected chi connectivity index (χ3v) is 2.41.